The summed E-state index contributed by atoms with van der Waals surface area (Å²) < 4.78 is 11.5. The number of para-hydroxylation sites is 2. The van der Waals surface area contributed by atoms with E-state index in [0.29, 0.717) is 31.0 Å². The zero-order valence-electron chi connectivity index (χ0n) is 18.8. The van der Waals surface area contributed by atoms with Crippen molar-refractivity contribution in [2.75, 3.05) is 44.4 Å². The van der Waals surface area contributed by atoms with Gasteiger partial charge in [-0.3, -0.25) is 4.79 Å². The molecule has 1 aromatic heterocycles. The fourth-order valence-electron chi connectivity index (χ4n) is 6.02. The molecule has 3 heterocycles. The van der Waals surface area contributed by atoms with E-state index in [-0.39, 0.29) is 23.3 Å². The summed E-state index contributed by atoms with van der Waals surface area (Å²) in [6, 6.07) is 8.08. The molecule has 1 aliphatic carbocycles. The summed E-state index contributed by atoms with van der Waals surface area (Å²) in [5, 5.41) is 0. The normalized spacial score (nSPS) is 27.5. The van der Waals surface area contributed by atoms with Crippen LogP contribution in [0.3, 0.4) is 0 Å². The number of carbonyl (C=O) groups excluding carboxylic acids is 1. The van der Waals surface area contributed by atoms with Gasteiger partial charge >= 0.3 is 0 Å². The van der Waals surface area contributed by atoms with Crippen molar-refractivity contribution >= 4 is 22.8 Å². The molecule has 1 saturated carbocycles. The summed E-state index contributed by atoms with van der Waals surface area (Å²) >= 11 is 0. The SMILES string of the molecule is CC1(C)C[C@H]2C[C@](C)(CN2C(=O)COc2nc3ccccc3nc2N2CCOCC2)C1. The summed E-state index contributed by atoms with van der Waals surface area (Å²) in [7, 11) is 0. The molecule has 3 aliphatic rings. The van der Waals surface area contributed by atoms with Crippen LogP contribution in [-0.2, 0) is 9.53 Å². The first-order chi connectivity index (χ1) is 14.8. The minimum absolute atomic E-state index is 0.00261. The molecule has 0 unspecified atom stereocenters. The van der Waals surface area contributed by atoms with Crippen molar-refractivity contribution in [3.8, 4) is 5.88 Å². The summed E-state index contributed by atoms with van der Waals surface area (Å²) in [5.41, 5.74) is 2.09. The van der Waals surface area contributed by atoms with Crippen molar-refractivity contribution in [1.82, 2.24) is 14.9 Å². The molecule has 7 heteroatoms. The lowest BCUT2D eigenvalue weighted by Crippen LogP contribution is -2.40. The zero-order valence-corrected chi connectivity index (χ0v) is 18.8. The number of amides is 1. The number of carbonyl (C=O) groups is 1. The quantitative estimate of drug-likeness (QED) is 0.750. The second-order valence-corrected chi connectivity index (χ2v) is 10.5. The lowest BCUT2D eigenvalue weighted by Gasteiger charge is -2.39. The third kappa shape index (κ3) is 4.07. The van der Waals surface area contributed by atoms with Crippen LogP contribution in [0.2, 0.25) is 0 Å². The standard InChI is InChI=1S/C24H32N4O3/c1-23(2)12-17-13-24(3,15-23)16-28(17)20(29)14-31-22-21(27-8-10-30-11-9-27)25-18-6-4-5-7-19(18)26-22/h4-7,17H,8-16H2,1-3H3/t17-,24-/m0/s1. The molecule has 5 rings (SSSR count). The van der Waals surface area contributed by atoms with Crippen LogP contribution in [0, 0.1) is 10.8 Å². The minimum atomic E-state index is -0.00261. The molecule has 0 radical (unpaired) electrons. The van der Waals surface area contributed by atoms with E-state index in [4.69, 9.17) is 19.4 Å². The lowest BCUT2D eigenvalue weighted by molar-refractivity contribution is -0.134. The minimum Gasteiger partial charge on any atom is -0.465 e. The van der Waals surface area contributed by atoms with Crippen LogP contribution >= 0.6 is 0 Å². The van der Waals surface area contributed by atoms with E-state index in [1.165, 1.54) is 6.42 Å². The zero-order chi connectivity index (χ0) is 21.6. The summed E-state index contributed by atoms with van der Waals surface area (Å²) in [4.78, 5) is 26.9. The van der Waals surface area contributed by atoms with Crippen LogP contribution in [0.5, 0.6) is 5.88 Å². The molecule has 2 bridgehead atoms. The molecule has 0 spiro atoms. The Morgan fingerprint density at radius 2 is 1.84 bits per heavy atom. The maximum absolute atomic E-state index is 13.2. The molecule has 2 atom stereocenters. The molecule has 31 heavy (non-hydrogen) atoms. The largest absolute Gasteiger partial charge is 0.465 e. The Kier molecular flexibility index (Phi) is 5.04. The van der Waals surface area contributed by atoms with Gasteiger partial charge < -0.3 is 19.3 Å². The van der Waals surface area contributed by atoms with Crippen molar-refractivity contribution in [3.63, 3.8) is 0 Å². The fraction of sp³-hybridized carbons (Fsp3) is 0.625. The average molecular weight is 425 g/mol. The van der Waals surface area contributed by atoms with Gasteiger partial charge in [-0.05, 0) is 42.2 Å². The smallest absolute Gasteiger partial charge is 0.260 e. The van der Waals surface area contributed by atoms with Crippen molar-refractivity contribution < 1.29 is 14.3 Å². The first-order valence-electron chi connectivity index (χ1n) is 11.3. The maximum Gasteiger partial charge on any atom is 0.260 e. The molecule has 1 amide bonds. The number of benzene rings is 1. The first-order valence-corrected chi connectivity index (χ1v) is 11.3. The number of likely N-dealkylation sites (tertiary alicyclic amines) is 1. The van der Waals surface area contributed by atoms with Crippen LogP contribution in [-0.4, -0.2) is 66.3 Å². The van der Waals surface area contributed by atoms with E-state index >= 15 is 0 Å². The number of rotatable bonds is 4. The fourth-order valence-corrected chi connectivity index (χ4v) is 6.02. The van der Waals surface area contributed by atoms with E-state index in [1.54, 1.807) is 0 Å². The van der Waals surface area contributed by atoms with Gasteiger partial charge in [-0.2, -0.15) is 0 Å². The Balaban J connectivity index is 1.36. The monoisotopic (exact) mass is 424 g/mol. The lowest BCUT2D eigenvalue weighted by atomic mass is 9.65. The van der Waals surface area contributed by atoms with E-state index in [0.717, 1.165) is 43.5 Å². The van der Waals surface area contributed by atoms with Crippen LogP contribution < -0.4 is 9.64 Å². The Labute approximate surface area is 183 Å². The molecule has 2 aromatic rings. The third-order valence-electron chi connectivity index (χ3n) is 6.90. The number of fused-ring (bicyclic) bond motifs is 3. The highest BCUT2D eigenvalue weighted by atomic mass is 16.5. The molecule has 2 aliphatic heterocycles. The number of aromatic nitrogens is 2. The number of ether oxygens (including phenoxy) is 2. The van der Waals surface area contributed by atoms with Gasteiger partial charge in [-0.15, -0.1) is 0 Å². The van der Waals surface area contributed by atoms with Crippen molar-refractivity contribution in [3.05, 3.63) is 24.3 Å². The Hall–Kier alpha value is -2.41. The van der Waals surface area contributed by atoms with Gasteiger partial charge in [0, 0.05) is 25.7 Å². The predicted octanol–water partition coefficient (Wildman–Crippen LogP) is 3.27. The number of morpholine rings is 1. The van der Waals surface area contributed by atoms with Gasteiger partial charge in [0.05, 0.1) is 24.2 Å². The Bertz CT molecular complexity index is 988. The topological polar surface area (TPSA) is 67.8 Å². The molecule has 7 nitrogen and oxygen atoms in total. The van der Waals surface area contributed by atoms with Gasteiger partial charge in [-0.1, -0.05) is 32.9 Å². The molecule has 166 valence electrons. The third-order valence-corrected chi connectivity index (χ3v) is 6.90. The summed E-state index contributed by atoms with van der Waals surface area (Å²) in [5.74, 6) is 1.18. The molecular weight excluding hydrogens is 392 g/mol. The van der Waals surface area contributed by atoms with Crippen LogP contribution in [0.1, 0.15) is 40.0 Å². The molecule has 3 fully saturated rings. The number of hydrogen-bond donors (Lipinski definition) is 0. The van der Waals surface area contributed by atoms with E-state index in [9.17, 15) is 4.79 Å². The van der Waals surface area contributed by atoms with Crippen LogP contribution in [0.15, 0.2) is 24.3 Å². The van der Waals surface area contributed by atoms with Crippen molar-refractivity contribution in [2.45, 2.75) is 46.1 Å². The van der Waals surface area contributed by atoms with Crippen LogP contribution in [0.25, 0.3) is 11.0 Å². The van der Waals surface area contributed by atoms with E-state index in [2.05, 4.69) is 30.6 Å². The number of anilines is 1. The average Bonchev–Trinajstić information content (AvgIpc) is 3.00. The highest BCUT2D eigenvalue weighted by Crippen LogP contribution is 2.52. The Morgan fingerprint density at radius 3 is 2.58 bits per heavy atom. The maximum atomic E-state index is 13.2. The predicted molar refractivity (Wildman–Crippen MR) is 119 cm³/mol. The summed E-state index contributed by atoms with van der Waals surface area (Å²) in [6.07, 6.45) is 3.32. The highest BCUT2D eigenvalue weighted by molar-refractivity contribution is 5.80. The van der Waals surface area contributed by atoms with Gasteiger partial charge in [0.15, 0.2) is 12.4 Å². The van der Waals surface area contributed by atoms with Crippen LogP contribution in [0.4, 0.5) is 5.82 Å². The van der Waals surface area contributed by atoms with E-state index in [1.807, 2.05) is 24.3 Å². The highest BCUT2D eigenvalue weighted by Gasteiger charge is 2.50. The first kappa shape index (κ1) is 20.5. The van der Waals surface area contributed by atoms with Crippen molar-refractivity contribution in [2.24, 2.45) is 10.8 Å². The molecule has 2 saturated heterocycles. The second kappa shape index (κ2) is 7.62. The number of hydrogen-bond acceptors (Lipinski definition) is 6. The molecular formula is C24H32N4O3. The number of nitrogens with zero attached hydrogens (tertiary/aromatic N) is 4. The molecule has 0 N–H and O–H groups in total. The van der Waals surface area contributed by atoms with Gasteiger partial charge in [0.2, 0.25) is 0 Å². The van der Waals surface area contributed by atoms with Gasteiger partial charge in [0.1, 0.15) is 0 Å². The Morgan fingerprint density at radius 1 is 1.13 bits per heavy atom. The summed E-state index contributed by atoms with van der Waals surface area (Å²) in [6.45, 7) is 10.6. The molecule has 1 aromatic carbocycles. The second-order valence-electron chi connectivity index (χ2n) is 10.5. The van der Waals surface area contributed by atoms with Gasteiger partial charge in [-0.25, -0.2) is 9.97 Å². The van der Waals surface area contributed by atoms with Crippen molar-refractivity contribution in [1.29, 1.82) is 0 Å². The van der Waals surface area contributed by atoms with E-state index < -0.39 is 0 Å². The van der Waals surface area contributed by atoms with Gasteiger partial charge in [0.25, 0.3) is 11.8 Å².